The summed E-state index contributed by atoms with van der Waals surface area (Å²) >= 11 is 0. The molecule has 1 atom stereocenters. The summed E-state index contributed by atoms with van der Waals surface area (Å²) in [4.78, 5) is 23.5. The summed E-state index contributed by atoms with van der Waals surface area (Å²) in [5, 5.41) is 0. The van der Waals surface area contributed by atoms with Gasteiger partial charge in [-0.1, -0.05) is 43.5 Å². The first kappa shape index (κ1) is 16.4. The third-order valence-corrected chi connectivity index (χ3v) is 2.52. The van der Waals surface area contributed by atoms with Gasteiger partial charge in [-0.05, 0) is 25.1 Å². The first-order chi connectivity index (χ1) is 10.1. The van der Waals surface area contributed by atoms with Crippen molar-refractivity contribution in [3.8, 4) is 0 Å². The molecule has 4 heteroatoms. The van der Waals surface area contributed by atoms with Gasteiger partial charge >= 0.3 is 11.9 Å². The number of hydrogen-bond donors (Lipinski definition) is 0. The van der Waals surface area contributed by atoms with Crippen molar-refractivity contribution in [1.29, 1.82) is 0 Å². The minimum Gasteiger partial charge on any atom is -0.458 e. The van der Waals surface area contributed by atoms with Crippen LogP contribution in [0.2, 0.25) is 0 Å². The molecule has 110 valence electrons. The monoisotopic (exact) mass is 286 g/mol. The Labute approximate surface area is 124 Å². The van der Waals surface area contributed by atoms with Gasteiger partial charge in [0, 0.05) is 0 Å². The largest absolute Gasteiger partial charge is 0.458 e. The summed E-state index contributed by atoms with van der Waals surface area (Å²) in [7, 11) is 0. The molecular weight excluding hydrogens is 268 g/mol. The standard InChI is InChI=1S/C17H18O4/c1-4-9-14(5-2)16(18)20-12-13(3)21-17(19)15-10-7-6-8-11-15/h4-11,13H,1-2,12H2,3H3/b14-9+. The van der Waals surface area contributed by atoms with E-state index in [0.717, 1.165) is 0 Å². The van der Waals surface area contributed by atoms with E-state index in [1.54, 1.807) is 31.2 Å². The van der Waals surface area contributed by atoms with Gasteiger partial charge in [0.15, 0.2) is 0 Å². The van der Waals surface area contributed by atoms with Crippen molar-refractivity contribution < 1.29 is 19.1 Å². The van der Waals surface area contributed by atoms with Gasteiger partial charge in [-0.15, -0.1) is 0 Å². The number of esters is 2. The fraction of sp³-hybridized carbons (Fsp3) is 0.176. The van der Waals surface area contributed by atoms with Crippen LogP contribution in [0.4, 0.5) is 0 Å². The van der Waals surface area contributed by atoms with E-state index >= 15 is 0 Å². The lowest BCUT2D eigenvalue weighted by atomic mass is 10.2. The van der Waals surface area contributed by atoms with Crippen LogP contribution < -0.4 is 0 Å². The molecule has 0 aliphatic carbocycles. The number of rotatable bonds is 7. The Morgan fingerprint density at radius 3 is 2.48 bits per heavy atom. The van der Waals surface area contributed by atoms with Gasteiger partial charge in [-0.2, -0.15) is 0 Å². The van der Waals surface area contributed by atoms with Gasteiger partial charge in [-0.25, -0.2) is 9.59 Å². The lowest BCUT2D eigenvalue weighted by Crippen LogP contribution is -2.22. The number of hydrogen-bond acceptors (Lipinski definition) is 4. The minimum absolute atomic E-state index is 0.0280. The predicted molar refractivity (Wildman–Crippen MR) is 80.8 cm³/mol. The normalized spacial score (nSPS) is 12.1. The van der Waals surface area contributed by atoms with Gasteiger partial charge in [0.2, 0.25) is 0 Å². The molecule has 4 nitrogen and oxygen atoms in total. The van der Waals surface area contributed by atoms with E-state index < -0.39 is 18.0 Å². The van der Waals surface area contributed by atoms with Crippen LogP contribution in [-0.4, -0.2) is 24.6 Å². The molecule has 0 radical (unpaired) electrons. The van der Waals surface area contributed by atoms with Crippen LogP contribution in [0.25, 0.3) is 0 Å². The second-order valence-electron chi connectivity index (χ2n) is 4.24. The Morgan fingerprint density at radius 2 is 1.90 bits per heavy atom. The van der Waals surface area contributed by atoms with Gasteiger partial charge in [0.25, 0.3) is 0 Å². The topological polar surface area (TPSA) is 52.6 Å². The number of carbonyl (C=O) groups is 2. The van der Waals surface area contributed by atoms with E-state index in [2.05, 4.69) is 13.2 Å². The quantitative estimate of drug-likeness (QED) is 0.439. The zero-order valence-electron chi connectivity index (χ0n) is 12.0. The summed E-state index contributed by atoms with van der Waals surface area (Å²) < 4.78 is 10.2. The molecule has 0 heterocycles. The Morgan fingerprint density at radius 1 is 1.24 bits per heavy atom. The maximum Gasteiger partial charge on any atom is 0.338 e. The van der Waals surface area contributed by atoms with Crippen LogP contribution >= 0.6 is 0 Å². The van der Waals surface area contributed by atoms with E-state index in [1.807, 2.05) is 6.07 Å². The van der Waals surface area contributed by atoms with Crippen molar-refractivity contribution in [2.24, 2.45) is 0 Å². The highest BCUT2D eigenvalue weighted by atomic mass is 16.6. The molecule has 1 aromatic carbocycles. The second-order valence-corrected chi connectivity index (χ2v) is 4.24. The molecule has 0 aromatic heterocycles. The number of ether oxygens (including phenoxy) is 2. The highest BCUT2D eigenvalue weighted by molar-refractivity contribution is 5.92. The SMILES string of the molecule is C=C/C=C(\C=C)C(=O)OCC(C)OC(=O)c1ccccc1. The van der Waals surface area contributed by atoms with E-state index in [9.17, 15) is 9.59 Å². The van der Waals surface area contributed by atoms with Crippen molar-refractivity contribution >= 4 is 11.9 Å². The highest BCUT2D eigenvalue weighted by Crippen LogP contribution is 2.06. The Hall–Kier alpha value is -2.62. The predicted octanol–water partition coefficient (Wildman–Crippen LogP) is 3.07. The zero-order chi connectivity index (χ0) is 15.7. The van der Waals surface area contributed by atoms with Gasteiger partial charge in [-0.3, -0.25) is 0 Å². The molecule has 0 spiro atoms. The van der Waals surface area contributed by atoms with Crippen LogP contribution in [0.15, 0.2) is 67.3 Å². The summed E-state index contributed by atoms with van der Waals surface area (Å²) in [6.07, 6.45) is 3.80. The summed E-state index contributed by atoms with van der Waals surface area (Å²) in [6.45, 7) is 8.63. The molecular formula is C17H18O4. The lowest BCUT2D eigenvalue weighted by Gasteiger charge is -2.13. The summed E-state index contributed by atoms with van der Waals surface area (Å²) in [5.74, 6) is -0.989. The van der Waals surface area contributed by atoms with Crippen molar-refractivity contribution in [2.45, 2.75) is 13.0 Å². The molecule has 0 fully saturated rings. The Balaban J connectivity index is 2.47. The third-order valence-electron chi connectivity index (χ3n) is 2.52. The van der Waals surface area contributed by atoms with E-state index in [0.29, 0.717) is 11.1 Å². The molecule has 1 rings (SSSR count). The van der Waals surface area contributed by atoms with Gasteiger partial charge in [0.05, 0.1) is 11.1 Å². The lowest BCUT2D eigenvalue weighted by molar-refractivity contribution is -0.141. The van der Waals surface area contributed by atoms with Crippen LogP contribution in [0.3, 0.4) is 0 Å². The van der Waals surface area contributed by atoms with Crippen LogP contribution in [0, 0.1) is 0 Å². The molecule has 0 saturated heterocycles. The molecule has 0 saturated carbocycles. The van der Waals surface area contributed by atoms with Crippen LogP contribution in [-0.2, 0) is 14.3 Å². The van der Waals surface area contributed by atoms with Crippen molar-refractivity contribution in [2.75, 3.05) is 6.61 Å². The molecule has 0 bridgehead atoms. The van der Waals surface area contributed by atoms with Crippen LogP contribution in [0.5, 0.6) is 0 Å². The molecule has 0 N–H and O–H groups in total. The smallest absolute Gasteiger partial charge is 0.338 e. The van der Waals surface area contributed by atoms with Crippen molar-refractivity contribution in [3.05, 3.63) is 72.9 Å². The maximum absolute atomic E-state index is 11.8. The maximum atomic E-state index is 11.8. The second kappa shape index (κ2) is 8.53. The average Bonchev–Trinajstić information content (AvgIpc) is 2.51. The third kappa shape index (κ3) is 5.48. The van der Waals surface area contributed by atoms with Gasteiger partial charge in [0.1, 0.15) is 12.7 Å². The zero-order valence-corrected chi connectivity index (χ0v) is 12.0. The summed E-state index contributed by atoms with van der Waals surface area (Å²) in [5.41, 5.74) is 0.751. The Kier molecular flexibility index (Phi) is 6.68. The van der Waals surface area contributed by atoms with E-state index in [-0.39, 0.29) is 6.61 Å². The average molecular weight is 286 g/mol. The van der Waals surface area contributed by atoms with Crippen LogP contribution in [0.1, 0.15) is 17.3 Å². The highest BCUT2D eigenvalue weighted by Gasteiger charge is 2.14. The summed E-state index contributed by atoms with van der Waals surface area (Å²) in [6, 6.07) is 8.62. The van der Waals surface area contributed by atoms with Gasteiger partial charge < -0.3 is 9.47 Å². The van der Waals surface area contributed by atoms with E-state index in [4.69, 9.17) is 9.47 Å². The van der Waals surface area contributed by atoms with Crippen molar-refractivity contribution in [3.63, 3.8) is 0 Å². The van der Waals surface area contributed by atoms with Crippen molar-refractivity contribution in [1.82, 2.24) is 0 Å². The molecule has 1 unspecified atom stereocenters. The fourth-order valence-corrected chi connectivity index (χ4v) is 1.48. The Bertz CT molecular complexity index is 543. The molecule has 21 heavy (non-hydrogen) atoms. The molecule has 1 aromatic rings. The minimum atomic E-state index is -0.545. The van der Waals surface area contributed by atoms with E-state index in [1.165, 1.54) is 18.2 Å². The molecule has 0 amide bonds. The fourth-order valence-electron chi connectivity index (χ4n) is 1.48. The molecule has 0 aliphatic heterocycles. The first-order valence-corrected chi connectivity index (χ1v) is 6.46. The number of allylic oxidation sites excluding steroid dienone is 2. The number of benzene rings is 1. The number of carbonyl (C=O) groups excluding carboxylic acids is 2. The molecule has 0 aliphatic rings. The first-order valence-electron chi connectivity index (χ1n) is 6.46.